The first-order chi connectivity index (χ1) is 6.83. The van der Waals surface area contributed by atoms with E-state index in [4.69, 9.17) is 0 Å². The molecule has 1 fully saturated rings. The number of anilines is 1. The summed E-state index contributed by atoms with van der Waals surface area (Å²) < 4.78 is 2.20. The van der Waals surface area contributed by atoms with Gasteiger partial charge in [-0.1, -0.05) is 0 Å². The number of hydrogen-bond donors (Lipinski definition) is 1. The number of aromatic nitrogens is 2. The Hall–Kier alpha value is -1.03. The summed E-state index contributed by atoms with van der Waals surface area (Å²) in [6.45, 7) is 8.54. The number of rotatable bonds is 2. The quantitative estimate of drug-likeness (QED) is 0.752. The zero-order valence-electron chi connectivity index (χ0n) is 8.90. The van der Waals surface area contributed by atoms with Gasteiger partial charge in [0.2, 0.25) is 5.95 Å². The molecular formula is C10H18N4. The van der Waals surface area contributed by atoms with Gasteiger partial charge in [-0.15, -0.1) is 0 Å². The number of imidazole rings is 1. The Morgan fingerprint density at radius 1 is 1.64 bits per heavy atom. The predicted molar refractivity (Wildman–Crippen MR) is 57.6 cm³/mol. The Kier molecular flexibility index (Phi) is 2.72. The number of hydrogen-bond acceptors (Lipinski definition) is 3. The van der Waals surface area contributed by atoms with Crippen molar-refractivity contribution in [3.8, 4) is 0 Å². The molecule has 0 bridgehead atoms. The fraction of sp³-hybridized carbons (Fsp3) is 0.700. The Balaban J connectivity index is 2.20. The molecule has 1 unspecified atom stereocenters. The van der Waals surface area contributed by atoms with Gasteiger partial charge in [-0.25, -0.2) is 4.98 Å². The van der Waals surface area contributed by atoms with Gasteiger partial charge in [-0.2, -0.15) is 0 Å². The highest BCUT2D eigenvalue weighted by atomic mass is 15.3. The van der Waals surface area contributed by atoms with Crippen LogP contribution in [0.2, 0.25) is 0 Å². The van der Waals surface area contributed by atoms with Crippen LogP contribution >= 0.6 is 0 Å². The topological polar surface area (TPSA) is 33.1 Å². The third-order valence-corrected chi connectivity index (χ3v) is 2.79. The molecule has 2 heterocycles. The van der Waals surface area contributed by atoms with E-state index in [0.717, 1.165) is 32.1 Å². The van der Waals surface area contributed by atoms with Crippen molar-refractivity contribution in [1.29, 1.82) is 0 Å². The van der Waals surface area contributed by atoms with Gasteiger partial charge in [-0.05, 0) is 13.8 Å². The molecule has 0 amide bonds. The lowest BCUT2D eigenvalue weighted by Gasteiger charge is -2.34. The van der Waals surface area contributed by atoms with Gasteiger partial charge in [0.25, 0.3) is 0 Å². The number of nitrogens with zero attached hydrogens (tertiary/aromatic N) is 3. The van der Waals surface area contributed by atoms with Crippen LogP contribution < -0.4 is 10.2 Å². The van der Waals surface area contributed by atoms with Crippen molar-refractivity contribution < 1.29 is 0 Å². The molecule has 0 radical (unpaired) electrons. The van der Waals surface area contributed by atoms with E-state index in [1.807, 2.05) is 12.4 Å². The molecule has 4 heteroatoms. The van der Waals surface area contributed by atoms with E-state index in [0.29, 0.717) is 6.04 Å². The predicted octanol–water partition coefficient (Wildman–Crippen LogP) is 0.701. The minimum Gasteiger partial charge on any atom is -0.337 e. The van der Waals surface area contributed by atoms with Crippen molar-refractivity contribution in [2.24, 2.45) is 0 Å². The normalized spacial score (nSPS) is 22.7. The van der Waals surface area contributed by atoms with E-state index in [2.05, 4.69) is 33.6 Å². The summed E-state index contributed by atoms with van der Waals surface area (Å²) in [5.74, 6) is 1.11. The van der Waals surface area contributed by atoms with Crippen molar-refractivity contribution in [3.63, 3.8) is 0 Å². The van der Waals surface area contributed by atoms with Gasteiger partial charge >= 0.3 is 0 Å². The summed E-state index contributed by atoms with van der Waals surface area (Å²) in [4.78, 5) is 6.80. The maximum Gasteiger partial charge on any atom is 0.205 e. The van der Waals surface area contributed by atoms with Gasteiger partial charge in [0.1, 0.15) is 0 Å². The van der Waals surface area contributed by atoms with Gasteiger partial charge in [0.05, 0.1) is 0 Å². The molecule has 1 aliphatic heterocycles. The third-order valence-electron chi connectivity index (χ3n) is 2.79. The SMILES string of the molecule is CCn1ccnc1N1CCNCC1C. The molecule has 1 saturated heterocycles. The molecule has 4 nitrogen and oxygen atoms in total. The van der Waals surface area contributed by atoms with Crippen LogP contribution in [0, 0.1) is 0 Å². The van der Waals surface area contributed by atoms with Crippen LogP contribution in [-0.2, 0) is 6.54 Å². The molecule has 0 aliphatic carbocycles. The van der Waals surface area contributed by atoms with Crippen molar-refractivity contribution in [2.45, 2.75) is 26.4 Å². The molecule has 1 atom stereocenters. The van der Waals surface area contributed by atoms with Crippen molar-refractivity contribution in [2.75, 3.05) is 24.5 Å². The molecule has 14 heavy (non-hydrogen) atoms. The highest BCUT2D eigenvalue weighted by molar-refractivity contribution is 5.33. The lowest BCUT2D eigenvalue weighted by molar-refractivity contribution is 0.485. The fourth-order valence-electron chi connectivity index (χ4n) is 1.95. The number of piperazine rings is 1. The Labute approximate surface area is 84.9 Å². The molecule has 0 spiro atoms. The van der Waals surface area contributed by atoms with Gasteiger partial charge in [-0.3, -0.25) is 0 Å². The highest BCUT2D eigenvalue weighted by Gasteiger charge is 2.21. The van der Waals surface area contributed by atoms with E-state index < -0.39 is 0 Å². The van der Waals surface area contributed by atoms with Crippen LogP contribution in [0.25, 0.3) is 0 Å². The first-order valence-electron chi connectivity index (χ1n) is 5.31. The van der Waals surface area contributed by atoms with Crippen LogP contribution in [-0.4, -0.2) is 35.2 Å². The van der Waals surface area contributed by atoms with Crippen molar-refractivity contribution in [3.05, 3.63) is 12.4 Å². The van der Waals surface area contributed by atoms with E-state index in [1.165, 1.54) is 0 Å². The van der Waals surface area contributed by atoms with E-state index in [9.17, 15) is 0 Å². The first-order valence-corrected chi connectivity index (χ1v) is 5.31. The Bertz CT molecular complexity index is 294. The second-order valence-electron chi connectivity index (χ2n) is 3.76. The summed E-state index contributed by atoms with van der Waals surface area (Å²) in [6, 6.07) is 0.538. The smallest absolute Gasteiger partial charge is 0.205 e. The van der Waals surface area contributed by atoms with E-state index in [1.54, 1.807) is 0 Å². The molecule has 78 valence electrons. The summed E-state index contributed by atoms with van der Waals surface area (Å²) in [5, 5.41) is 3.39. The van der Waals surface area contributed by atoms with Crippen LogP contribution in [0.1, 0.15) is 13.8 Å². The molecule has 1 N–H and O–H groups in total. The fourth-order valence-corrected chi connectivity index (χ4v) is 1.95. The summed E-state index contributed by atoms with van der Waals surface area (Å²) in [5.41, 5.74) is 0. The Morgan fingerprint density at radius 3 is 3.21 bits per heavy atom. The maximum atomic E-state index is 4.42. The lowest BCUT2D eigenvalue weighted by Crippen LogP contribution is -2.50. The average Bonchev–Trinajstić information content (AvgIpc) is 2.66. The van der Waals surface area contributed by atoms with Crippen molar-refractivity contribution in [1.82, 2.24) is 14.9 Å². The number of nitrogens with one attached hydrogen (secondary N) is 1. The molecule has 1 aliphatic rings. The Morgan fingerprint density at radius 2 is 2.50 bits per heavy atom. The zero-order chi connectivity index (χ0) is 9.97. The van der Waals surface area contributed by atoms with Crippen LogP contribution in [0.5, 0.6) is 0 Å². The minimum atomic E-state index is 0.538. The maximum absolute atomic E-state index is 4.42. The molecular weight excluding hydrogens is 176 g/mol. The second-order valence-corrected chi connectivity index (χ2v) is 3.76. The molecule has 0 saturated carbocycles. The zero-order valence-corrected chi connectivity index (χ0v) is 8.90. The summed E-state index contributed by atoms with van der Waals surface area (Å²) >= 11 is 0. The molecule has 2 rings (SSSR count). The first kappa shape index (κ1) is 9.52. The third kappa shape index (κ3) is 1.62. The van der Waals surface area contributed by atoms with Gasteiger partial charge < -0.3 is 14.8 Å². The van der Waals surface area contributed by atoms with Crippen LogP contribution in [0.3, 0.4) is 0 Å². The monoisotopic (exact) mass is 194 g/mol. The van der Waals surface area contributed by atoms with E-state index >= 15 is 0 Å². The van der Waals surface area contributed by atoms with E-state index in [-0.39, 0.29) is 0 Å². The van der Waals surface area contributed by atoms with Crippen molar-refractivity contribution >= 4 is 5.95 Å². The van der Waals surface area contributed by atoms with Crippen LogP contribution in [0.4, 0.5) is 5.95 Å². The standard InChI is InChI=1S/C10H18N4/c1-3-13-6-5-12-10(13)14-7-4-11-8-9(14)2/h5-6,9,11H,3-4,7-8H2,1-2H3. The molecule has 0 aromatic carbocycles. The van der Waals surface area contributed by atoms with Gasteiger partial charge in [0, 0.05) is 44.6 Å². The lowest BCUT2D eigenvalue weighted by atomic mass is 10.2. The van der Waals surface area contributed by atoms with Crippen LogP contribution in [0.15, 0.2) is 12.4 Å². The second kappa shape index (κ2) is 4.00. The molecule has 1 aromatic heterocycles. The molecule has 1 aromatic rings. The highest BCUT2D eigenvalue weighted by Crippen LogP contribution is 2.15. The number of aryl methyl sites for hydroxylation is 1. The largest absolute Gasteiger partial charge is 0.337 e. The van der Waals surface area contributed by atoms with Gasteiger partial charge in [0.15, 0.2) is 0 Å². The average molecular weight is 194 g/mol. The minimum absolute atomic E-state index is 0.538. The summed E-state index contributed by atoms with van der Waals surface area (Å²) in [6.07, 6.45) is 3.93. The summed E-state index contributed by atoms with van der Waals surface area (Å²) in [7, 11) is 0.